The summed E-state index contributed by atoms with van der Waals surface area (Å²) in [6.45, 7) is 5.22. The molecule has 0 spiro atoms. The van der Waals surface area contributed by atoms with Gasteiger partial charge in [0, 0.05) is 32.4 Å². The molecule has 0 aromatic carbocycles. The highest BCUT2D eigenvalue weighted by Crippen LogP contribution is 2.07. The molecule has 8 heteroatoms. The molecule has 1 N–H and O–H groups in total. The van der Waals surface area contributed by atoms with Crippen molar-refractivity contribution in [3.63, 3.8) is 0 Å². The van der Waals surface area contributed by atoms with Gasteiger partial charge >= 0.3 is 17.9 Å². The maximum absolute atomic E-state index is 12.1. The molecule has 0 radical (unpaired) electrons. The maximum atomic E-state index is 12.1. The third-order valence-electron chi connectivity index (χ3n) is 3.44. The summed E-state index contributed by atoms with van der Waals surface area (Å²) in [7, 11) is 0. The lowest BCUT2D eigenvalue weighted by atomic mass is 10.3. The van der Waals surface area contributed by atoms with Gasteiger partial charge in [-0.2, -0.15) is 0 Å². The van der Waals surface area contributed by atoms with E-state index in [0.717, 1.165) is 5.56 Å². The molecule has 3 amide bonds. The zero-order valence-electron chi connectivity index (χ0n) is 13.2. The van der Waals surface area contributed by atoms with Crippen LogP contribution in [0.1, 0.15) is 12.5 Å². The molecule has 1 aliphatic rings. The van der Waals surface area contributed by atoms with Gasteiger partial charge in [-0.15, -0.1) is 0 Å². The zero-order chi connectivity index (χ0) is 16.8. The van der Waals surface area contributed by atoms with Crippen molar-refractivity contribution in [2.24, 2.45) is 0 Å². The number of piperazine rings is 1. The summed E-state index contributed by atoms with van der Waals surface area (Å²) in [5.41, 5.74) is 0.962. The Labute approximate surface area is 134 Å². The number of ether oxygens (including phenoxy) is 1. The number of amides is 3. The Kier molecular flexibility index (Phi) is 5.51. The highest BCUT2D eigenvalue weighted by atomic mass is 16.6. The summed E-state index contributed by atoms with van der Waals surface area (Å²) >= 11 is 0. The molecule has 2 rings (SSSR count). The number of nitrogens with one attached hydrogen (secondary N) is 1. The van der Waals surface area contributed by atoms with E-state index in [0.29, 0.717) is 38.6 Å². The van der Waals surface area contributed by atoms with Gasteiger partial charge in [0.15, 0.2) is 0 Å². The minimum atomic E-state index is -0.731. The van der Waals surface area contributed by atoms with Crippen LogP contribution < -0.4 is 5.32 Å². The second-order valence-electron chi connectivity index (χ2n) is 5.15. The fourth-order valence-corrected chi connectivity index (χ4v) is 2.16. The molecule has 1 aromatic heterocycles. The first-order valence-electron chi connectivity index (χ1n) is 7.46. The molecular formula is C15H20N4O4. The molecule has 0 bridgehead atoms. The topological polar surface area (TPSA) is 91.8 Å². The van der Waals surface area contributed by atoms with Gasteiger partial charge in [-0.25, -0.2) is 9.78 Å². The Morgan fingerprint density at radius 3 is 2.39 bits per heavy atom. The molecule has 1 aliphatic heterocycles. The summed E-state index contributed by atoms with van der Waals surface area (Å²) in [6, 6.07) is 3.43. The molecule has 0 atom stereocenters. The third-order valence-corrected chi connectivity index (χ3v) is 3.44. The normalized spacial score (nSPS) is 14.3. The molecule has 2 heterocycles. The van der Waals surface area contributed by atoms with E-state index < -0.39 is 17.9 Å². The Hall–Kier alpha value is -2.64. The maximum Gasteiger partial charge on any atom is 0.409 e. The van der Waals surface area contributed by atoms with Gasteiger partial charge in [-0.3, -0.25) is 9.59 Å². The van der Waals surface area contributed by atoms with Gasteiger partial charge in [0.25, 0.3) is 0 Å². The van der Waals surface area contributed by atoms with Crippen LogP contribution >= 0.6 is 0 Å². The number of anilines is 1. The Morgan fingerprint density at radius 2 is 1.83 bits per heavy atom. The predicted octanol–water partition coefficient (Wildman–Crippen LogP) is 0.629. The summed E-state index contributed by atoms with van der Waals surface area (Å²) in [6.07, 6.45) is 1.21. The molecule has 1 fully saturated rings. The summed E-state index contributed by atoms with van der Waals surface area (Å²) < 4.78 is 4.91. The van der Waals surface area contributed by atoms with Crippen LogP contribution in [0.25, 0.3) is 0 Å². The van der Waals surface area contributed by atoms with Crippen molar-refractivity contribution in [2.45, 2.75) is 13.8 Å². The number of aryl methyl sites for hydroxylation is 1. The summed E-state index contributed by atoms with van der Waals surface area (Å²) in [5.74, 6) is -1.03. The van der Waals surface area contributed by atoms with E-state index in [1.165, 1.54) is 9.80 Å². The van der Waals surface area contributed by atoms with Gasteiger partial charge in [0.1, 0.15) is 5.82 Å². The van der Waals surface area contributed by atoms with Gasteiger partial charge in [0.05, 0.1) is 6.61 Å². The number of aromatic nitrogens is 1. The molecule has 1 aromatic rings. The monoisotopic (exact) mass is 320 g/mol. The van der Waals surface area contributed by atoms with Crippen molar-refractivity contribution < 1.29 is 19.1 Å². The lowest BCUT2D eigenvalue weighted by Crippen LogP contribution is -2.53. The van der Waals surface area contributed by atoms with Crippen LogP contribution in [0, 0.1) is 6.92 Å². The number of hydrogen-bond donors (Lipinski definition) is 1. The van der Waals surface area contributed by atoms with Crippen molar-refractivity contribution >= 4 is 23.7 Å². The van der Waals surface area contributed by atoms with E-state index >= 15 is 0 Å². The van der Waals surface area contributed by atoms with Crippen LogP contribution in [-0.4, -0.2) is 65.5 Å². The van der Waals surface area contributed by atoms with Crippen molar-refractivity contribution in [1.29, 1.82) is 0 Å². The highest BCUT2D eigenvalue weighted by Gasteiger charge is 2.28. The van der Waals surface area contributed by atoms with Crippen molar-refractivity contribution in [2.75, 3.05) is 38.1 Å². The van der Waals surface area contributed by atoms with Gasteiger partial charge in [-0.05, 0) is 25.5 Å². The standard InChI is InChI=1S/C15H20N4O4/c1-3-23-15(22)19-8-6-18(7-9-19)14(21)13(20)17-12-5-4-11(2)10-16-12/h4-5,10H,3,6-9H2,1-2H3,(H,16,17,20). The number of nitrogens with zero attached hydrogens (tertiary/aromatic N) is 3. The first-order valence-corrected chi connectivity index (χ1v) is 7.46. The second kappa shape index (κ2) is 7.57. The van der Waals surface area contributed by atoms with Crippen molar-refractivity contribution in [1.82, 2.24) is 14.8 Å². The number of pyridine rings is 1. The van der Waals surface area contributed by atoms with E-state index in [1.54, 1.807) is 25.3 Å². The fourth-order valence-electron chi connectivity index (χ4n) is 2.16. The Bertz CT molecular complexity index is 580. The van der Waals surface area contributed by atoms with Crippen LogP contribution in [-0.2, 0) is 14.3 Å². The first-order chi connectivity index (χ1) is 11.0. The molecular weight excluding hydrogens is 300 g/mol. The lowest BCUT2D eigenvalue weighted by Gasteiger charge is -2.33. The summed E-state index contributed by atoms with van der Waals surface area (Å²) in [4.78, 5) is 42.6. The smallest absolute Gasteiger partial charge is 0.409 e. The van der Waals surface area contributed by atoms with E-state index in [9.17, 15) is 14.4 Å². The van der Waals surface area contributed by atoms with E-state index in [4.69, 9.17) is 4.74 Å². The molecule has 0 unspecified atom stereocenters. The van der Waals surface area contributed by atoms with Crippen molar-refractivity contribution in [3.05, 3.63) is 23.9 Å². The van der Waals surface area contributed by atoms with Crippen LogP contribution in [0.15, 0.2) is 18.3 Å². The quantitative estimate of drug-likeness (QED) is 0.807. The SMILES string of the molecule is CCOC(=O)N1CCN(C(=O)C(=O)Nc2ccc(C)cn2)CC1. The molecule has 23 heavy (non-hydrogen) atoms. The van der Waals surface area contributed by atoms with E-state index in [-0.39, 0.29) is 0 Å². The minimum absolute atomic E-state index is 0.298. The van der Waals surface area contributed by atoms with Crippen LogP contribution in [0.3, 0.4) is 0 Å². The van der Waals surface area contributed by atoms with Crippen LogP contribution in [0.2, 0.25) is 0 Å². The molecule has 8 nitrogen and oxygen atoms in total. The van der Waals surface area contributed by atoms with Gasteiger partial charge in [0.2, 0.25) is 0 Å². The summed E-state index contributed by atoms with van der Waals surface area (Å²) in [5, 5.41) is 2.47. The average Bonchev–Trinajstić information content (AvgIpc) is 2.56. The van der Waals surface area contributed by atoms with Crippen LogP contribution in [0.4, 0.5) is 10.6 Å². The highest BCUT2D eigenvalue weighted by molar-refractivity contribution is 6.39. The molecule has 0 aliphatic carbocycles. The predicted molar refractivity (Wildman–Crippen MR) is 82.8 cm³/mol. The lowest BCUT2D eigenvalue weighted by molar-refractivity contribution is -0.144. The number of rotatable bonds is 2. The van der Waals surface area contributed by atoms with E-state index in [2.05, 4.69) is 10.3 Å². The average molecular weight is 320 g/mol. The molecule has 124 valence electrons. The Balaban J connectivity index is 1.85. The number of carbonyl (C=O) groups excluding carboxylic acids is 3. The first kappa shape index (κ1) is 16.7. The molecule has 1 saturated heterocycles. The number of carbonyl (C=O) groups is 3. The Morgan fingerprint density at radius 1 is 1.17 bits per heavy atom. The third kappa shape index (κ3) is 4.41. The second-order valence-corrected chi connectivity index (χ2v) is 5.15. The van der Waals surface area contributed by atoms with E-state index in [1.807, 2.05) is 6.92 Å². The molecule has 0 saturated carbocycles. The fraction of sp³-hybridized carbons (Fsp3) is 0.467. The zero-order valence-corrected chi connectivity index (χ0v) is 13.2. The number of hydrogen-bond acceptors (Lipinski definition) is 5. The van der Waals surface area contributed by atoms with Crippen LogP contribution in [0.5, 0.6) is 0 Å². The van der Waals surface area contributed by atoms with Gasteiger partial charge in [-0.1, -0.05) is 6.07 Å². The van der Waals surface area contributed by atoms with Crippen molar-refractivity contribution in [3.8, 4) is 0 Å². The largest absolute Gasteiger partial charge is 0.450 e. The minimum Gasteiger partial charge on any atom is -0.450 e. The van der Waals surface area contributed by atoms with Gasteiger partial charge < -0.3 is 19.9 Å².